The second-order valence-electron chi connectivity index (χ2n) is 3.66. The molecule has 0 unspecified atom stereocenters. The molecular weight excluding hydrogens is 244 g/mol. The molecular formula is C11H6O7. The van der Waals surface area contributed by atoms with Crippen LogP contribution in [0, 0.1) is 0 Å². The van der Waals surface area contributed by atoms with E-state index < -0.39 is 24.5 Å². The molecule has 92 valence electrons. The van der Waals surface area contributed by atoms with Crippen LogP contribution >= 0.6 is 0 Å². The predicted octanol–water partition coefficient (Wildman–Crippen LogP) is 0.872. The minimum Gasteiger partial charge on any atom is -0.454 e. The molecule has 0 aromatic carbocycles. The summed E-state index contributed by atoms with van der Waals surface area (Å²) in [6.07, 6.45) is 0. The highest BCUT2D eigenvalue weighted by molar-refractivity contribution is 6.10. The molecule has 0 aliphatic carbocycles. The van der Waals surface area contributed by atoms with Gasteiger partial charge >= 0.3 is 17.9 Å². The molecule has 0 saturated carbocycles. The number of fused-ring (bicyclic) bond motifs is 1. The zero-order valence-electron chi connectivity index (χ0n) is 9.14. The molecule has 7 nitrogen and oxygen atoms in total. The standard InChI is InChI=1S/C11H6O7/c1-4(12)15-3-7(13)17-9-6-2-5-8(16-6)10(9)18-11(5)14/h2H,3H2,1H3. The third-order valence-corrected chi connectivity index (χ3v) is 2.39. The smallest absolute Gasteiger partial charge is 0.349 e. The summed E-state index contributed by atoms with van der Waals surface area (Å²) < 4.78 is 19.5. The number of carbonyl (C=O) groups excluding carboxylic acids is 3. The number of rotatable bonds is 3. The minimum atomic E-state index is -0.783. The monoisotopic (exact) mass is 250 g/mol. The van der Waals surface area contributed by atoms with E-state index in [2.05, 4.69) is 4.74 Å². The largest absolute Gasteiger partial charge is 0.454 e. The second-order valence-corrected chi connectivity index (χ2v) is 3.66. The Labute approximate surface area is 99.5 Å². The van der Waals surface area contributed by atoms with Gasteiger partial charge in [0.05, 0.1) is 0 Å². The Kier molecular flexibility index (Phi) is 2.03. The van der Waals surface area contributed by atoms with Crippen LogP contribution in [0.15, 0.2) is 10.5 Å². The van der Waals surface area contributed by atoms with Gasteiger partial charge in [0, 0.05) is 13.0 Å². The van der Waals surface area contributed by atoms with E-state index in [1.54, 1.807) is 0 Å². The highest BCUT2D eigenvalue weighted by Crippen LogP contribution is 2.48. The Morgan fingerprint density at radius 3 is 2.89 bits per heavy atom. The first kappa shape index (κ1) is 10.6. The van der Waals surface area contributed by atoms with Crippen LogP contribution in [0.4, 0.5) is 0 Å². The lowest BCUT2D eigenvalue weighted by molar-refractivity contribution is -0.152. The van der Waals surface area contributed by atoms with Crippen LogP contribution < -0.4 is 9.47 Å². The normalized spacial score (nSPS) is 12.8. The molecule has 1 aliphatic heterocycles. The van der Waals surface area contributed by atoms with E-state index in [0.29, 0.717) is 5.56 Å². The van der Waals surface area contributed by atoms with E-state index in [1.807, 2.05) is 0 Å². The zero-order valence-corrected chi connectivity index (χ0v) is 9.14. The molecule has 0 atom stereocenters. The Bertz CT molecular complexity index is 666. The molecule has 0 amide bonds. The van der Waals surface area contributed by atoms with Crippen LogP contribution in [-0.2, 0) is 14.3 Å². The van der Waals surface area contributed by atoms with Gasteiger partial charge in [-0.25, -0.2) is 9.59 Å². The highest BCUT2D eigenvalue weighted by Gasteiger charge is 2.36. The maximum atomic E-state index is 11.4. The van der Waals surface area contributed by atoms with Crippen molar-refractivity contribution in [2.24, 2.45) is 0 Å². The average molecular weight is 250 g/mol. The average Bonchev–Trinajstić information content (AvgIpc) is 2.91. The van der Waals surface area contributed by atoms with Gasteiger partial charge in [-0.2, -0.15) is 0 Å². The van der Waals surface area contributed by atoms with E-state index in [-0.39, 0.29) is 22.7 Å². The Balaban J connectivity index is 1.79. The lowest BCUT2D eigenvalue weighted by Gasteiger charge is -2.03. The van der Waals surface area contributed by atoms with Crippen LogP contribution in [0.1, 0.15) is 17.3 Å². The van der Waals surface area contributed by atoms with Crippen molar-refractivity contribution in [3.05, 3.63) is 11.6 Å². The molecule has 3 heterocycles. The summed E-state index contributed by atoms with van der Waals surface area (Å²) in [5.74, 6) is -1.78. The van der Waals surface area contributed by atoms with Crippen molar-refractivity contribution in [2.45, 2.75) is 6.92 Å². The van der Waals surface area contributed by atoms with Crippen molar-refractivity contribution in [3.8, 4) is 11.5 Å². The summed E-state index contributed by atoms with van der Waals surface area (Å²) in [5, 5.41) is 0. The van der Waals surface area contributed by atoms with Crippen molar-refractivity contribution in [2.75, 3.05) is 6.61 Å². The third-order valence-electron chi connectivity index (χ3n) is 2.39. The third kappa shape index (κ3) is 1.41. The summed E-state index contributed by atoms with van der Waals surface area (Å²) in [6, 6.07) is 1.43. The Morgan fingerprint density at radius 2 is 2.17 bits per heavy atom. The molecule has 2 bridgehead atoms. The van der Waals surface area contributed by atoms with Crippen LogP contribution in [0.2, 0.25) is 0 Å². The summed E-state index contributed by atoms with van der Waals surface area (Å²) >= 11 is 0. The van der Waals surface area contributed by atoms with Crippen LogP contribution in [0.5, 0.6) is 11.5 Å². The molecule has 2 aromatic rings. The molecule has 0 radical (unpaired) electrons. The Morgan fingerprint density at radius 1 is 1.39 bits per heavy atom. The lowest BCUT2D eigenvalue weighted by atomic mass is 10.2. The van der Waals surface area contributed by atoms with E-state index >= 15 is 0 Å². The van der Waals surface area contributed by atoms with Gasteiger partial charge in [0.15, 0.2) is 17.8 Å². The number of esters is 3. The maximum absolute atomic E-state index is 11.4. The predicted molar refractivity (Wildman–Crippen MR) is 54.6 cm³/mol. The van der Waals surface area contributed by atoms with E-state index in [1.165, 1.54) is 13.0 Å². The highest BCUT2D eigenvalue weighted by atomic mass is 16.6. The summed E-state index contributed by atoms with van der Waals surface area (Å²) in [4.78, 5) is 33.2. The molecule has 18 heavy (non-hydrogen) atoms. The van der Waals surface area contributed by atoms with Gasteiger partial charge in [0.1, 0.15) is 5.56 Å². The van der Waals surface area contributed by atoms with Crippen molar-refractivity contribution in [1.82, 2.24) is 0 Å². The minimum absolute atomic E-state index is 0.0387. The maximum Gasteiger partial charge on any atom is 0.349 e. The van der Waals surface area contributed by atoms with Gasteiger partial charge in [0.25, 0.3) is 0 Å². The van der Waals surface area contributed by atoms with Gasteiger partial charge in [0.2, 0.25) is 11.5 Å². The van der Waals surface area contributed by atoms with Crippen molar-refractivity contribution in [1.29, 1.82) is 0 Å². The van der Waals surface area contributed by atoms with E-state index in [0.717, 1.165) is 0 Å². The van der Waals surface area contributed by atoms with Gasteiger partial charge < -0.3 is 18.6 Å². The van der Waals surface area contributed by atoms with Crippen LogP contribution in [0.25, 0.3) is 11.2 Å². The zero-order chi connectivity index (χ0) is 12.9. The Hall–Kier alpha value is -2.57. The van der Waals surface area contributed by atoms with Crippen LogP contribution in [0.3, 0.4) is 0 Å². The molecule has 2 aromatic heterocycles. The van der Waals surface area contributed by atoms with Crippen molar-refractivity contribution in [3.63, 3.8) is 0 Å². The molecule has 0 N–H and O–H groups in total. The summed E-state index contributed by atoms with van der Waals surface area (Å²) in [7, 11) is 0. The quantitative estimate of drug-likeness (QED) is 0.589. The number of hydrogen-bond acceptors (Lipinski definition) is 7. The second kappa shape index (κ2) is 3.46. The molecule has 3 rings (SSSR count). The SMILES string of the molecule is CC(=O)OCC(=O)Oc1c2c3oc1cc3C(=O)O2. The number of ether oxygens (including phenoxy) is 3. The fourth-order valence-corrected chi connectivity index (χ4v) is 1.68. The van der Waals surface area contributed by atoms with Crippen molar-refractivity contribution >= 4 is 29.1 Å². The molecule has 0 spiro atoms. The lowest BCUT2D eigenvalue weighted by Crippen LogP contribution is -2.17. The first-order chi connectivity index (χ1) is 8.56. The van der Waals surface area contributed by atoms with Crippen LogP contribution in [-0.4, -0.2) is 24.5 Å². The summed E-state index contributed by atoms with van der Waals surface area (Å²) in [5.41, 5.74) is 0.835. The molecule has 1 aliphatic rings. The topological polar surface area (TPSA) is 92.0 Å². The molecule has 0 saturated heterocycles. The van der Waals surface area contributed by atoms with Gasteiger partial charge in [-0.1, -0.05) is 0 Å². The van der Waals surface area contributed by atoms with E-state index in [4.69, 9.17) is 13.9 Å². The van der Waals surface area contributed by atoms with Gasteiger partial charge in [-0.05, 0) is 0 Å². The summed E-state index contributed by atoms with van der Waals surface area (Å²) in [6.45, 7) is 0.660. The number of benzene rings is 1. The number of carbonyl (C=O) groups is 3. The molecule has 7 heteroatoms. The van der Waals surface area contributed by atoms with Crippen molar-refractivity contribution < 1.29 is 33.0 Å². The first-order valence-electron chi connectivity index (χ1n) is 5.01. The number of furan rings is 2. The fourth-order valence-electron chi connectivity index (χ4n) is 1.68. The van der Waals surface area contributed by atoms with Gasteiger partial charge in [-0.15, -0.1) is 0 Å². The van der Waals surface area contributed by atoms with Gasteiger partial charge in [-0.3, -0.25) is 4.79 Å². The van der Waals surface area contributed by atoms with E-state index in [9.17, 15) is 14.4 Å². The fraction of sp³-hybridized carbons (Fsp3) is 0.182. The number of hydrogen-bond donors (Lipinski definition) is 0. The molecule has 0 fully saturated rings. The first-order valence-corrected chi connectivity index (χ1v) is 5.01.